The smallest absolute Gasteiger partial charge is 0.125 e. The van der Waals surface area contributed by atoms with Crippen molar-refractivity contribution in [2.24, 2.45) is 0 Å². The highest BCUT2D eigenvalue weighted by molar-refractivity contribution is 6.33. The van der Waals surface area contributed by atoms with Crippen molar-refractivity contribution in [2.75, 3.05) is 5.73 Å². The van der Waals surface area contributed by atoms with Crippen LogP contribution in [-0.4, -0.2) is 0 Å². The molecule has 2 rings (SSSR count). The highest BCUT2D eigenvalue weighted by atomic mass is 35.5. The van der Waals surface area contributed by atoms with E-state index in [1.807, 2.05) is 0 Å². The summed E-state index contributed by atoms with van der Waals surface area (Å²) in [7, 11) is 0. The van der Waals surface area contributed by atoms with Crippen LogP contribution in [0.15, 0.2) is 36.4 Å². The molecule has 0 saturated carbocycles. The van der Waals surface area contributed by atoms with Crippen LogP contribution in [0.4, 0.5) is 14.5 Å². The molecule has 0 fully saturated rings. The van der Waals surface area contributed by atoms with Gasteiger partial charge in [0, 0.05) is 5.56 Å². The second kappa shape index (κ2) is 4.10. The maximum atomic E-state index is 13.2. The van der Waals surface area contributed by atoms with E-state index in [9.17, 15) is 8.78 Å². The SMILES string of the molecule is Nc1c(Cl)cc(F)cc1-c1ccc(F)cc1. The van der Waals surface area contributed by atoms with Crippen molar-refractivity contribution in [3.05, 3.63) is 53.1 Å². The molecule has 0 aliphatic rings. The van der Waals surface area contributed by atoms with Crippen LogP contribution in [0.2, 0.25) is 5.02 Å². The van der Waals surface area contributed by atoms with Gasteiger partial charge in [0.2, 0.25) is 0 Å². The van der Waals surface area contributed by atoms with Crippen molar-refractivity contribution in [2.45, 2.75) is 0 Å². The van der Waals surface area contributed by atoms with E-state index in [4.69, 9.17) is 17.3 Å². The van der Waals surface area contributed by atoms with Crippen LogP contribution < -0.4 is 5.73 Å². The highest BCUT2D eigenvalue weighted by Crippen LogP contribution is 2.32. The molecule has 0 heterocycles. The monoisotopic (exact) mass is 239 g/mol. The van der Waals surface area contributed by atoms with E-state index < -0.39 is 5.82 Å². The van der Waals surface area contributed by atoms with E-state index in [2.05, 4.69) is 0 Å². The summed E-state index contributed by atoms with van der Waals surface area (Å²) >= 11 is 5.76. The van der Waals surface area contributed by atoms with Crippen LogP contribution in [0.1, 0.15) is 0 Å². The van der Waals surface area contributed by atoms with Gasteiger partial charge in [-0.1, -0.05) is 23.7 Å². The van der Waals surface area contributed by atoms with E-state index in [0.29, 0.717) is 11.1 Å². The van der Waals surface area contributed by atoms with Crippen LogP contribution in [0.25, 0.3) is 11.1 Å². The summed E-state index contributed by atoms with van der Waals surface area (Å²) in [5.74, 6) is -0.830. The number of nitrogens with two attached hydrogens (primary N) is 1. The Morgan fingerprint density at radius 2 is 1.56 bits per heavy atom. The van der Waals surface area contributed by atoms with Crippen LogP contribution in [0.5, 0.6) is 0 Å². The molecule has 0 aliphatic heterocycles. The molecule has 4 heteroatoms. The van der Waals surface area contributed by atoms with E-state index in [-0.39, 0.29) is 16.5 Å². The molecular formula is C12H8ClF2N. The summed E-state index contributed by atoms with van der Waals surface area (Å²) in [5.41, 5.74) is 7.10. The average Bonchev–Trinajstić information content (AvgIpc) is 2.25. The molecule has 2 aromatic carbocycles. The summed E-state index contributed by atoms with van der Waals surface area (Å²) in [6.07, 6.45) is 0. The van der Waals surface area contributed by atoms with E-state index >= 15 is 0 Å². The lowest BCUT2D eigenvalue weighted by Gasteiger charge is -2.07. The largest absolute Gasteiger partial charge is 0.397 e. The van der Waals surface area contributed by atoms with Crippen molar-refractivity contribution < 1.29 is 8.78 Å². The summed E-state index contributed by atoms with van der Waals surface area (Å²) in [5, 5.41) is 0.152. The highest BCUT2D eigenvalue weighted by Gasteiger charge is 2.08. The Morgan fingerprint density at radius 3 is 2.19 bits per heavy atom. The zero-order valence-corrected chi connectivity index (χ0v) is 8.93. The molecule has 1 nitrogen and oxygen atoms in total. The summed E-state index contributed by atoms with van der Waals surface area (Å²) in [4.78, 5) is 0. The molecule has 0 aromatic heterocycles. The lowest BCUT2D eigenvalue weighted by molar-refractivity contribution is 0.627. The standard InChI is InChI=1S/C12H8ClF2N/c13-11-6-9(15)5-10(12(11)16)7-1-3-8(14)4-2-7/h1-6H,16H2. The number of benzene rings is 2. The van der Waals surface area contributed by atoms with E-state index in [0.717, 1.165) is 6.07 Å². The maximum Gasteiger partial charge on any atom is 0.125 e. The van der Waals surface area contributed by atoms with Crippen molar-refractivity contribution in [3.8, 4) is 11.1 Å². The summed E-state index contributed by atoms with van der Waals surface area (Å²) in [6.45, 7) is 0. The molecular weight excluding hydrogens is 232 g/mol. The number of hydrogen-bond donors (Lipinski definition) is 1. The number of halogens is 3. The van der Waals surface area contributed by atoms with Gasteiger partial charge in [0.1, 0.15) is 11.6 Å². The zero-order chi connectivity index (χ0) is 11.7. The second-order valence-corrected chi connectivity index (χ2v) is 3.76. The third-order valence-corrected chi connectivity index (χ3v) is 2.56. The third-order valence-electron chi connectivity index (χ3n) is 2.25. The van der Waals surface area contributed by atoms with E-state index in [1.165, 1.54) is 30.3 Å². The van der Waals surface area contributed by atoms with Gasteiger partial charge in [-0.2, -0.15) is 0 Å². The van der Waals surface area contributed by atoms with Crippen molar-refractivity contribution in [3.63, 3.8) is 0 Å². The van der Waals surface area contributed by atoms with Gasteiger partial charge in [-0.3, -0.25) is 0 Å². The van der Waals surface area contributed by atoms with E-state index in [1.54, 1.807) is 0 Å². The lowest BCUT2D eigenvalue weighted by Crippen LogP contribution is -1.93. The van der Waals surface area contributed by atoms with Crippen LogP contribution in [0.3, 0.4) is 0 Å². The normalized spacial score (nSPS) is 10.4. The van der Waals surface area contributed by atoms with Crippen molar-refractivity contribution in [1.29, 1.82) is 0 Å². The number of anilines is 1. The molecule has 0 saturated heterocycles. The predicted octanol–water partition coefficient (Wildman–Crippen LogP) is 3.87. The molecule has 0 bridgehead atoms. The zero-order valence-electron chi connectivity index (χ0n) is 8.18. The molecule has 0 unspecified atom stereocenters. The first-order chi connectivity index (χ1) is 7.58. The minimum atomic E-state index is -0.474. The molecule has 2 aromatic rings. The quantitative estimate of drug-likeness (QED) is 0.751. The third kappa shape index (κ3) is 1.99. The first-order valence-corrected chi connectivity index (χ1v) is 4.96. The Kier molecular flexibility index (Phi) is 2.79. The fourth-order valence-electron chi connectivity index (χ4n) is 1.45. The molecule has 0 aliphatic carbocycles. The Labute approximate surface area is 96.5 Å². The van der Waals surface area contributed by atoms with Gasteiger partial charge < -0.3 is 5.73 Å². The molecule has 0 spiro atoms. The fourth-order valence-corrected chi connectivity index (χ4v) is 1.66. The van der Waals surface area contributed by atoms with Gasteiger partial charge in [-0.05, 0) is 29.8 Å². The summed E-state index contributed by atoms with van der Waals surface area (Å²) in [6, 6.07) is 8.03. The van der Waals surface area contributed by atoms with Gasteiger partial charge in [-0.15, -0.1) is 0 Å². The van der Waals surface area contributed by atoms with Gasteiger partial charge in [0.25, 0.3) is 0 Å². The van der Waals surface area contributed by atoms with Crippen molar-refractivity contribution >= 4 is 17.3 Å². The van der Waals surface area contributed by atoms with Crippen molar-refractivity contribution in [1.82, 2.24) is 0 Å². The number of nitrogen functional groups attached to an aromatic ring is 1. The Morgan fingerprint density at radius 1 is 0.938 bits per heavy atom. The van der Waals surface area contributed by atoms with Gasteiger partial charge in [0.15, 0.2) is 0 Å². The van der Waals surface area contributed by atoms with Crippen LogP contribution in [-0.2, 0) is 0 Å². The number of hydrogen-bond acceptors (Lipinski definition) is 1. The molecule has 16 heavy (non-hydrogen) atoms. The molecule has 2 N–H and O–H groups in total. The first kappa shape index (κ1) is 10.9. The molecule has 0 atom stereocenters. The average molecular weight is 240 g/mol. The minimum Gasteiger partial charge on any atom is -0.397 e. The minimum absolute atomic E-state index is 0.152. The predicted molar refractivity (Wildman–Crippen MR) is 61.2 cm³/mol. The maximum absolute atomic E-state index is 13.2. The van der Waals surface area contributed by atoms with Crippen LogP contribution >= 0.6 is 11.6 Å². The Bertz CT molecular complexity index is 523. The number of rotatable bonds is 1. The summed E-state index contributed by atoms with van der Waals surface area (Å²) < 4.78 is 25.9. The molecule has 82 valence electrons. The lowest BCUT2D eigenvalue weighted by atomic mass is 10.0. The topological polar surface area (TPSA) is 26.0 Å². The Balaban J connectivity index is 2.59. The van der Waals surface area contributed by atoms with Gasteiger partial charge in [0.05, 0.1) is 10.7 Å². The Hall–Kier alpha value is -1.61. The molecule has 0 radical (unpaired) electrons. The molecule has 0 amide bonds. The van der Waals surface area contributed by atoms with Gasteiger partial charge >= 0.3 is 0 Å². The van der Waals surface area contributed by atoms with Crippen LogP contribution in [0, 0.1) is 11.6 Å². The van der Waals surface area contributed by atoms with Gasteiger partial charge in [-0.25, -0.2) is 8.78 Å². The second-order valence-electron chi connectivity index (χ2n) is 3.36. The fraction of sp³-hybridized carbons (Fsp3) is 0. The first-order valence-electron chi connectivity index (χ1n) is 4.58.